The van der Waals surface area contributed by atoms with Crippen molar-refractivity contribution in [3.8, 4) is 22.3 Å². The molecule has 0 radical (unpaired) electrons. The summed E-state index contributed by atoms with van der Waals surface area (Å²) in [5.41, 5.74) is 11.6. The third-order valence-corrected chi connectivity index (χ3v) is 3.24. The highest BCUT2D eigenvalue weighted by Gasteiger charge is 2.09. The summed E-state index contributed by atoms with van der Waals surface area (Å²) in [5, 5.41) is 0. The van der Waals surface area contributed by atoms with Crippen molar-refractivity contribution in [3.63, 3.8) is 0 Å². The van der Waals surface area contributed by atoms with Gasteiger partial charge in [0.15, 0.2) is 0 Å². The van der Waals surface area contributed by atoms with E-state index in [9.17, 15) is 0 Å². The molecule has 0 amide bonds. The van der Waals surface area contributed by atoms with Crippen molar-refractivity contribution in [2.75, 3.05) is 5.73 Å². The summed E-state index contributed by atoms with van der Waals surface area (Å²) in [4.78, 5) is 0. The lowest BCUT2D eigenvalue weighted by molar-refractivity contribution is 1.58. The molecule has 2 N–H and O–H groups in total. The van der Waals surface area contributed by atoms with Crippen molar-refractivity contribution < 1.29 is 0 Å². The van der Waals surface area contributed by atoms with Gasteiger partial charge in [0, 0.05) is 11.3 Å². The Kier molecular flexibility index (Phi) is 4.94. The normalized spacial score (nSPS) is 9.52. The molecule has 3 aromatic carbocycles. The molecule has 3 rings (SSSR count). The standard InChI is InChI=1S/C18H15N.C2H4/c19-17-13-7-12-16(14-8-3-1-4-9-14)18(17)15-10-5-2-6-11-15;1-2/h1-13H,19H2;1-2H2. The van der Waals surface area contributed by atoms with Crippen molar-refractivity contribution >= 4 is 5.69 Å². The third-order valence-electron chi connectivity index (χ3n) is 3.24. The molecular weight excluding hydrogens is 254 g/mol. The molecule has 3 aromatic rings. The van der Waals surface area contributed by atoms with Gasteiger partial charge in [-0.25, -0.2) is 0 Å². The molecule has 0 atom stereocenters. The van der Waals surface area contributed by atoms with E-state index in [1.54, 1.807) is 0 Å². The summed E-state index contributed by atoms with van der Waals surface area (Å²) in [7, 11) is 0. The summed E-state index contributed by atoms with van der Waals surface area (Å²) in [6.45, 7) is 6.00. The molecule has 0 aromatic heterocycles. The van der Waals surface area contributed by atoms with Crippen molar-refractivity contribution in [2.45, 2.75) is 0 Å². The second-order valence-corrected chi connectivity index (χ2v) is 4.50. The minimum absolute atomic E-state index is 0.813. The molecular formula is C20H19N. The van der Waals surface area contributed by atoms with Gasteiger partial charge in [0.05, 0.1) is 0 Å². The predicted octanol–water partition coefficient (Wildman–Crippen LogP) is 5.41. The average molecular weight is 273 g/mol. The Morgan fingerprint density at radius 2 is 1.10 bits per heavy atom. The van der Waals surface area contributed by atoms with Gasteiger partial charge < -0.3 is 5.73 Å². The Labute approximate surface area is 126 Å². The van der Waals surface area contributed by atoms with Crippen LogP contribution in [0.5, 0.6) is 0 Å². The fraction of sp³-hybridized carbons (Fsp3) is 0. The van der Waals surface area contributed by atoms with E-state index in [2.05, 4.69) is 43.5 Å². The van der Waals surface area contributed by atoms with Gasteiger partial charge in [-0.2, -0.15) is 0 Å². The van der Waals surface area contributed by atoms with Crippen LogP contribution in [-0.2, 0) is 0 Å². The second kappa shape index (κ2) is 7.11. The summed E-state index contributed by atoms with van der Waals surface area (Å²) >= 11 is 0. The fourth-order valence-electron chi connectivity index (χ4n) is 2.36. The van der Waals surface area contributed by atoms with Crippen LogP contribution < -0.4 is 5.73 Å². The zero-order valence-corrected chi connectivity index (χ0v) is 12.0. The van der Waals surface area contributed by atoms with Crippen molar-refractivity contribution in [3.05, 3.63) is 92.0 Å². The van der Waals surface area contributed by atoms with Crippen LogP contribution >= 0.6 is 0 Å². The molecule has 0 unspecified atom stereocenters. The molecule has 0 spiro atoms. The first kappa shape index (κ1) is 14.6. The quantitative estimate of drug-likeness (QED) is 0.490. The van der Waals surface area contributed by atoms with E-state index < -0.39 is 0 Å². The van der Waals surface area contributed by atoms with Crippen molar-refractivity contribution in [1.82, 2.24) is 0 Å². The van der Waals surface area contributed by atoms with Crippen LogP contribution in [0.1, 0.15) is 0 Å². The summed E-state index contributed by atoms with van der Waals surface area (Å²) in [6.07, 6.45) is 0. The van der Waals surface area contributed by atoms with E-state index in [1.165, 1.54) is 11.1 Å². The molecule has 1 heteroatoms. The highest BCUT2D eigenvalue weighted by molar-refractivity contribution is 5.90. The average Bonchev–Trinajstić information content (AvgIpc) is 2.58. The van der Waals surface area contributed by atoms with Crippen molar-refractivity contribution in [1.29, 1.82) is 0 Å². The maximum absolute atomic E-state index is 6.19. The minimum atomic E-state index is 0.813. The maximum atomic E-state index is 6.19. The van der Waals surface area contributed by atoms with E-state index in [-0.39, 0.29) is 0 Å². The first-order valence-electron chi connectivity index (χ1n) is 6.85. The monoisotopic (exact) mass is 273 g/mol. The topological polar surface area (TPSA) is 26.0 Å². The molecule has 0 saturated heterocycles. The van der Waals surface area contributed by atoms with E-state index in [4.69, 9.17) is 5.73 Å². The van der Waals surface area contributed by atoms with Crippen LogP contribution in [0.2, 0.25) is 0 Å². The fourth-order valence-corrected chi connectivity index (χ4v) is 2.36. The predicted molar refractivity (Wildman–Crippen MR) is 93.0 cm³/mol. The van der Waals surface area contributed by atoms with E-state index in [1.807, 2.05) is 48.5 Å². The molecule has 0 fully saturated rings. The van der Waals surface area contributed by atoms with Gasteiger partial charge in [0.25, 0.3) is 0 Å². The van der Waals surface area contributed by atoms with E-state index >= 15 is 0 Å². The largest absolute Gasteiger partial charge is 0.398 e. The first-order chi connectivity index (χ1) is 10.4. The molecule has 0 aliphatic rings. The summed E-state index contributed by atoms with van der Waals surface area (Å²) in [6, 6.07) is 26.7. The lowest BCUT2D eigenvalue weighted by atomic mass is 9.93. The Hall–Kier alpha value is -2.80. The van der Waals surface area contributed by atoms with Gasteiger partial charge in [-0.1, -0.05) is 72.8 Å². The molecule has 104 valence electrons. The van der Waals surface area contributed by atoms with Gasteiger partial charge in [0.1, 0.15) is 0 Å². The molecule has 21 heavy (non-hydrogen) atoms. The van der Waals surface area contributed by atoms with Crippen LogP contribution in [-0.4, -0.2) is 0 Å². The number of anilines is 1. The number of benzene rings is 3. The molecule has 0 heterocycles. The SMILES string of the molecule is C=C.Nc1cccc(-c2ccccc2)c1-c1ccccc1. The van der Waals surface area contributed by atoms with Gasteiger partial charge in [-0.3, -0.25) is 0 Å². The molecule has 0 aliphatic heterocycles. The Morgan fingerprint density at radius 1 is 0.571 bits per heavy atom. The first-order valence-corrected chi connectivity index (χ1v) is 6.85. The van der Waals surface area contributed by atoms with Gasteiger partial charge >= 0.3 is 0 Å². The zero-order valence-electron chi connectivity index (χ0n) is 12.0. The molecule has 1 nitrogen and oxygen atoms in total. The number of hydrogen-bond donors (Lipinski definition) is 1. The summed E-state index contributed by atoms with van der Waals surface area (Å²) in [5.74, 6) is 0. The third kappa shape index (κ3) is 3.21. The Morgan fingerprint density at radius 3 is 1.67 bits per heavy atom. The smallest absolute Gasteiger partial charge is 0.0400 e. The van der Waals surface area contributed by atoms with Gasteiger partial charge in [-0.15, -0.1) is 13.2 Å². The highest BCUT2D eigenvalue weighted by Crippen LogP contribution is 2.36. The lowest BCUT2D eigenvalue weighted by Gasteiger charge is -2.13. The van der Waals surface area contributed by atoms with Crippen LogP contribution in [0.4, 0.5) is 5.69 Å². The maximum Gasteiger partial charge on any atom is 0.0400 e. The Balaban J connectivity index is 0.000000774. The van der Waals surface area contributed by atoms with Crippen molar-refractivity contribution in [2.24, 2.45) is 0 Å². The van der Waals surface area contributed by atoms with Crippen LogP contribution in [0, 0.1) is 0 Å². The highest BCUT2D eigenvalue weighted by atomic mass is 14.6. The summed E-state index contributed by atoms with van der Waals surface area (Å²) < 4.78 is 0. The number of rotatable bonds is 2. The van der Waals surface area contributed by atoms with Crippen LogP contribution in [0.15, 0.2) is 92.0 Å². The number of hydrogen-bond acceptors (Lipinski definition) is 1. The van der Waals surface area contributed by atoms with E-state index in [0.29, 0.717) is 0 Å². The van der Waals surface area contributed by atoms with E-state index in [0.717, 1.165) is 16.8 Å². The van der Waals surface area contributed by atoms with Crippen LogP contribution in [0.3, 0.4) is 0 Å². The number of nitrogen functional groups attached to an aromatic ring is 1. The lowest BCUT2D eigenvalue weighted by Crippen LogP contribution is -1.93. The molecule has 0 bridgehead atoms. The molecule has 0 aliphatic carbocycles. The number of nitrogens with two attached hydrogens (primary N) is 1. The zero-order chi connectivity index (χ0) is 15.1. The molecule has 0 saturated carbocycles. The van der Waals surface area contributed by atoms with Gasteiger partial charge in [-0.05, 0) is 22.8 Å². The van der Waals surface area contributed by atoms with Gasteiger partial charge in [0.2, 0.25) is 0 Å². The van der Waals surface area contributed by atoms with Crippen LogP contribution in [0.25, 0.3) is 22.3 Å². The minimum Gasteiger partial charge on any atom is -0.398 e. The second-order valence-electron chi connectivity index (χ2n) is 4.50. The Bertz CT molecular complexity index is 688.